The van der Waals surface area contributed by atoms with E-state index in [-0.39, 0.29) is 58.9 Å². The van der Waals surface area contributed by atoms with Crippen LogP contribution in [0.1, 0.15) is 126 Å². The highest BCUT2D eigenvalue weighted by molar-refractivity contribution is 5.76. The monoisotopic (exact) mass is 866 g/mol. The standard InChI is InChI=1S/C47H71N5O10/c1-43(2,3)58-38(53)28-50(22-23-51(29-39(54)59-44(4,5)6)30-40(55)60-45(7,8)9)26-36-24-34(17-16-33-18-20-35(48)21-19-33)25-37(49-36)27-52(31-41(56)61-46(10,11)12)32-42(57)62-47(13,14)15/h18-21,24-25H,22-23,26-32,48H2,1-15H3. The summed E-state index contributed by atoms with van der Waals surface area (Å²) in [5, 5.41) is 0. The van der Waals surface area contributed by atoms with E-state index in [0.717, 1.165) is 5.56 Å². The van der Waals surface area contributed by atoms with Crippen molar-refractivity contribution in [2.75, 3.05) is 51.5 Å². The number of anilines is 1. The first-order valence-electron chi connectivity index (χ1n) is 20.8. The van der Waals surface area contributed by atoms with Crippen LogP contribution < -0.4 is 5.73 Å². The fourth-order valence-electron chi connectivity index (χ4n) is 5.71. The molecular formula is C47H71N5O10. The molecule has 2 aromatic rings. The number of nitrogens with two attached hydrogens (primary N) is 1. The summed E-state index contributed by atoms with van der Waals surface area (Å²) < 4.78 is 28.1. The van der Waals surface area contributed by atoms with Gasteiger partial charge in [-0.25, -0.2) is 0 Å². The number of hydrogen-bond donors (Lipinski definition) is 1. The van der Waals surface area contributed by atoms with Gasteiger partial charge in [0.15, 0.2) is 0 Å². The summed E-state index contributed by atoms with van der Waals surface area (Å²) in [6, 6.07) is 10.7. The first-order valence-corrected chi connectivity index (χ1v) is 20.8. The van der Waals surface area contributed by atoms with E-state index in [1.54, 1.807) is 155 Å². The predicted molar refractivity (Wildman–Crippen MR) is 237 cm³/mol. The number of hydrogen-bond acceptors (Lipinski definition) is 15. The number of rotatable bonds is 17. The molecule has 0 aliphatic heterocycles. The molecule has 0 unspecified atom stereocenters. The molecule has 0 radical (unpaired) electrons. The number of aromatic nitrogens is 1. The first kappa shape index (κ1) is 53.1. The van der Waals surface area contributed by atoms with Gasteiger partial charge in [-0.1, -0.05) is 11.8 Å². The summed E-state index contributed by atoms with van der Waals surface area (Å²) >= 11 is 0. The zero-order valence-electron chi connectivity index (χ0n) is 39.8. The molecule has 0 atom stereocenters. The lowest BCUT2D eigenvalue weighted by molar-refractivity contribution is -0.162. The van der Waals surface area contributed by atoms with E-state index < -0.39 is 57.9 Å². The van der Waals surface area contributed by atoms with E-state index >= 15 is 0 Å². The second-order valence-corrected chi connectivity index (χ2v) is 20.2. The molecule has 0 spiro atoms. The maximum atomic E-state index is 13.4. The number of carbonyl (C=O) groups is 5. The van der Waals surface area contributed by atoms with Crippen LogP contribution in [0.5, 0.6) is 0 Å². The molecule has 0 aliphatic rings. The van der Waals surface area contributed by atoms with Crippen LogP contribution in [-0.2, 0) is 60.7 Å². The van der Waals surface area contributed by atoms with Gasteiger partial charge < -0.3 is 29.4 Å². The largest absolute Gasteiger partial charge is 0.459 e. The van der Waals surface area contributed by atoms with Gasteiger partial charge in [-0.05, 0) is 140 Å². The molecule has 2 rings (SSSR count). The lowest BCUT2D eigenvalue weighted by atomic mass is 10.1. The van der Waals surface area contributed by atoms with Gasteiger partial charge in [0.1, 0.15) is 28.0 Å². The second kappa shape index (κ2) is 22.4. The third-order valence-electron chi connectivity index (χ3n) is 7.56. The first-order chi connectivity index (χ1) is 28.2. The highest BCUT2D eigenvalue weighted by atomic mass is 16.6. The van der Waals surface area contributed by atoms with E-state index in [4.69, 9.17) is 34.4 Å². The fraction of sp³-hybridized carbons (Fsp3) is 0.617. The Labute approximate surface area is 369 Å². The van der Waals surface area contributed by atoms with E-state index in [1.807, 2.05) is 0 Å². The van der Waals surface area contributed by atoms with Crippen molar-refractivity contribution in [1.82, 2.24) is 19.7 Å². The van der Waals surface area contributed by atoms with Crippen LogP contribution in [-0.4, -0.2) is 123 Å². The summed E-state index contributed by atoms with van der Waals surface area (Å²) in [6.45, 7) is 25.9. The molecule has 0 aliphatic carbocycles. The minimum atomic E-state index is -0.767. The number of pyridine rings is 1. The quantitative estimate of drug-likeness (QED) is 0.0888. The predicted octanol–water partition coefficient (Wildman–Crippen LogP) is 5.68. The summed E-state index contributed by atoms with van der Waals surface area (Å²) in [7, 11) is 0. The molecule has 344 valence electrons. The SMILES string of the molecule is CC(C)(C)OC(=O)CN(CCN(CC(=O)OC(C)(C)C)Cc1cc(C#Cc2ccc(N)cc2)cc(CN(CC(=O)OC(C)(C)C)CC(=O)OC(C)(C)C)n1)CC(=O)OC(C)(C)C. The van der Waals surface area contributed by atoms with Gasteiger partial charge in [0.2, 0.25) is 0 Å². The highest BCUT2D eigenvalue weighted by Crippen LogP contribution is 2.17. The fourth-order valence-corrected chi connectivity index (χ4v) is 5.71. The third-order valence-corrected chi connectivity index (χ3v) is 7.56. The molecule has 0 amide bonds. The van der Waals surface area contributed by atoms with Crippen LogP contribution >= 0.6 is 0 Å². The van der Waals surface area contributed by atoms with E-state index in [2.05, 4.69) is 11.8 Å². The highest BCUT2D eigenvalue weighted by Gasteiger charge is 2.27. The van der Waals surface area contributed by atoms with Crippen molar-refractivity contribution in [3.63, 3.8) is 0 Å². The molecule has 1 heterocycles. The molecule has 0 saturated heterocycles. The molecule has 0 bridgehead atoms. The molecule has 62 heavy (non-hydrogen) atoms. The Hall–Kier alpha value is -5.04. The number of nitrogen functional groups attached to an aromatic ring is 1. The van der Waals surface area contributed by atoms with Crippen LogP contribution in [0.3, 0.4) is 0 Å². The van der Waals surface area contributed by atoms with E-state index in [9.17, 15) is 24.0 Å². The number of carbonyl (C=O) groups excluding carboxylic acids is 5. The Bertz CT molecular complexity index is 1840. The van der Waals surface area contributed by atoms with Crippen molar-refractivity contribution < 1.29 is 47.7 Å². The van der Waals surface area contributed by atoms with Gasteiger partial charge in [0.25, 0.3) is 0 Å². The second-order valence-electron chi connectivity index (χ2n) is 20.2. The zero-order chi connectivity index (χ0) is 47.3. The van der Waals surface area contributed by atoms with Crippen molar-refractivity contribution in [3.05, 3.63) is 58.9 Å². The van der Waals surface area contributed by atoms with Crippen molar-refractivity contribution in [2.45, 2.75) is 145 Å². The Morgan fingerprint density at radius 1 is 0.468 bits per heavy atom. The minimum Gasteiger partial charge on any atom is -0.459 e. The molecule has 0 saturated carbocycles. The number of esters is 5. The Morgan fingerprint density at radius 2 is 0.758 bits per heavy atom. The maximum absolute atomic E-state index is 13.4. The van der Waals surface area contributed by atoms with Gasteiger partial charge in [0.05, 0.1) is 44.1 Å². The van der Waals surface area contributed by atoms with Gasteiger partial charge in [0, 0.05) is 43.0 Å². The summed E-state index contributed by atoms with van der Waals surface area (Å²) in [5.74, 6) is 3.73. The smallest absolute Gasteiger partial charge is 0.320 e. The summed E-state index contributed by atoms with van der Waals surface area (Å²) in [4.78, 5) is 75.6. The van der Waals surface area contributed by atoms with Crippen molar-refractivity contribution in [2.24, 2.45) is 0 Å². The lowest BCUT2D eigenvalue weighted by Crippen LogP contribution is -2.44. The Morgan fingerprint density at radius 3 is 1.11 bits per heavy atom. The summed E-state index contributed by atoms with van der Waals surface area (Å²) in [6.07, 6.45) is 0. The number of ether oxygens (including phenoxy) is 5. The normalized spacial score (nSPS) is 12.4. The van der Waals surface area contributed by atoms with Crippen LogP contribution in [0.2, 0.25) is 0 Å². The zero-order valence-corrected chi connectivity index (χ0v) is 39.8. The Kier molecular flexibility index (Phi) is 19.1. The molecule has 15 heteroatoms. The average molecular weight is 866 g/mol. The molecule has 1 aromatic heterocycles. The third kappa shape index (κ3) is 25.0. The van der Waals surface area contributed by atoms with Gasteiger partial charge in [-0.15, -0.1) is 0 Å². The van der Waals surface area contributed by atoms with Gasteiger partial charge in [-0.3, -0.25) is 43.7 Å². The van der Waals surface area contributed by atoms with E-state index in [1.165, 1.54) is 0 Å². The topological polar surface area (TPSA) is 180 Å². The number of nitrogens with zero attached hydrogens (tertiary/aromatic N) is 4. The molecule has 15 nitrogen and oxygen atoms in total. The molecule has 1 aromatic carbocycles. The molecule has 0 fully saturated rings. The van der Waals surface area contributed by atoms with Crippen molar-refractivity contribution in [1.29, 1.82) is 0 Å². The van der Waals surface area contributed by atoms with E-state index in [0.29, 0.717) is 22.6 Å². The van der Waals surface area contributed by atoms with Crippen LogP contribution in [0.25, 0.3) is 0 Å². The molecule has 2 N–H and O–H groups in total. The van der Waals surface area contributed by atoms with Crippen molar-refractivity contribution in [3.8, 4) is 11.8 Å². The van der Waals surface area contributed by atoms with Crippen LogP contribution in [0, 0.1) is 11.8 Å². The maximum Gasteiger partial charge on any atom is 0.320 e. The average Bonchev–Trinajstić information content (AvgIpc) is 3.02. The lowest BCUT2D eigenvalue weighted by Gasteiger charge is -2.29. The van der Waals surface area contributed by atoms with Gasteiger partial charge in [-0.2, -0.15) is 0 Å². The summed E-state index contributed by atoms with van der Waals surface area (Å²) in [5.41, 5.74) is 4.98. The van der Waals surface area contributed by atoms with Crippen molar-refractivity contribution >= 4 is 35.5 Å². The minimum absolute atomic E-state index is 0.0362. The Balaban J connectivity index is 2.65. The van der Waals surface area contributed by atoms with Gasteiger partial charge >= 0.3 is 29.8 Å². The van der Waals surface area contributed by atoms with Crippen LogP contribution in [0.4, 0.5) is 5.69 Å². The molecular weight excluding hydrogens is 795 g/mol. The number of benzene rings is 1. The van der Waals surface area contributed by atoms with Crippen LogP contribution in [0.15, 0.2) is 36.4 Å².